The summed E-state index contributed by atoms with van der Waals surface area (Å²) in [5, 5.41) is 2.88. The van der Waals surface area contributed by atoms with Crippen LogP contribution in [0.4, 0.5) is 18.9 Å². The molecule has 0 unspecified atom stereocenters. The Hall–Kier alpha value is -3.95. The molecule has 0 radical (unpaired) electrons. The van der Waals surface area contributed by atoms with Crippen LogP contribution in [0, 0.1) is 0 Å². The number of pyridine rings is 1. The summed E-state index contributed by atoms with van der Waals surface area (Å²) in [6, 6.07) is 12.0. The quantitative estimate of drug-likeness (QED) is 0.328. The number of aromatic nitrogens is 1. The Morgan fingerprint density at radius 2 is 1.84 bits per heavy atom. The van der Waals surface area contributed by atoms with E-state index in [0.29, 0.717) is 47.9 Å². The molecular weight excluding hydrogens is 501 g/mol. The van der Waals surface area contributed by atoms with Crippen molar-refractivity contribution in [3.05, 3.63) is 65.9 Å². The van der Waals surface area contributed by atoms with Crippen LogP contribution in [0.1, 0.15) is 45.2 Å². The molecule has 202 valence electrons. The number of alkyl halides is 3. The number of hydrogen-bond donors (Lipinski definition) is 1. The van der Waals surface area contributed by atoms with E-state index in [1.54, 1.807) is 37.3 Å². The predicted octanol–water partition coefficient (Wildman–Crippen LogP) is 6.80. The third-order valence-corrected chi connectivity index (χ3v) is 5.65. The Bertz CT molecular complexity index is 1280. The van der Waals surface area contributed by atoms with Gasteiger partial charge in [-0.05, 0) is 63.6 Å². The van der Waals surface area contributed by atoms with Gasteiger partial charge in [0.1, 0.15) is 17.1 Å². The van der Waals surface area contributed by atoms with Crippen LogP contribution >= 0.6 is 0 Å². The summed E-state index contributed by atoms with van der Waals surface area (Å²) < 4.78 is 61.2. The number of rotatable bonds is 9. The lowest BCUT2D eigenvalue weighted by molar-refractivity contribution is -0.137. The maximum absolute atomic E-state index is 12.9. The van der Waals surface area contributed by atoms with Crippen molar-refractivity contribution in [2.24, 2.45) is 0 Å². The normalized spacial score (nSPS) is 14.7. The fraction of sp³-hybridized carbons (Fsp3) is 0.357. The first kappa shape index (κ1) is 27.1. The number of nitrogens with one attached hydrogen (secondary N) is 1. The van der Waals surface area contributed by atoms with Gasteiger partial charge in [-0.15, -0.1) is 0 Å². The Morgan fingerprint density at radius 3 is 2.47 bits per heavy atom. The Balaban J connectivity index is 1.37. The van der Waals surface area contributed by atoms with Gasteiger partial charge >= 0.3 is 6.18 Å². The van der Waals surface area contributed by atoms with Crippen molar-refractivity contribution in [1.82, 2.24) is 4.98 Å². The van der Waals surface area contributed by atoms with Crippen LogP contribution in [0.3, 0.4) is 0 Å². The largest absolute Gasteiger partial charge is 0.490 e. The minimum absolute atomic E-state index is 0.0184. The van der Waals surface area contributed by atoms with Crippen LogP contribution in [0.2, 0.25) is 0 Å². The zero-order chi connectivity index (χ0) is 27.5. The van der Waals surface area contributed by atoms with E-state index in [1.807, 2.05) is 26.8 Å². The lowest BCUT2D eigenvalue weighted by Crippen LogP contribution is -2.30. The highest BCUT2D eigenvalue weighted by molar-refractivity contribution is 5.94. The average molecular weight is 531 g/mol. The Morgan fingerprint density at radius 1 is 1.13 bits per heavy atom. The van der Waals surface area contributed by atoms with Gasteiger partial charge in [0.05, 0.1) is 12.2 Å². The van der Waals surface area contributed by atoms with Crippen molar-refractivity contribution in [2.75, 3.05) is 11.9 Å². The van der Waals surface area contributed by atoms with Gasteiger partial charge in [0.25, 0.3) is 5.91 Å². The average Bonchev–Trinajstić information content (AvgIpc) is 3.17. The molecule has 2 heterocycles. The van der Waals surface area contributed by atoms with E-state index in [1.165, 1.54) is 0 Å². The molecule has 1 aliphatic heterocycles. The highest BCUT2D eigenvalue weighted by Gasteiger charge is 2.33. The van der Waals surface area contributed by atoms with Gasteiger partial charge in [0.2, 0.25) is 5.88 Å². The molecule has 38 heavy (non-hydrogen) atoms. The molecule has 0 aliphatic carbocycles. The van der Waals surface area contributed by atoms with E-state index in [9.17, 15) is 18.0 Å². The molecule has 1 atom stereocenters. The molecule has 0 spiro atoms. The van der Waals surface area contributed by atoms with Crippen molar-refractivity contribution in [3.8, 4) is 28.9 Å². The number of halogens is 3. The van der Waals surface area contributed by atoms with Gasteiger partial charge in [0.15, 0.2) is 17.6 Å². The second-order valence-electron chi connectivity index (χ2n) is 9.56. The molecule has 0 fully saturated rings. The van der Waals surface area contributed by atoms with Gasteiger partial charge < -0.3 is 24.3 Å². The highest BCUT2D eigenvalue weighted by Crippen LogP contribution is 2.44. The lowest BCUT2D eigenvalue weighted by Gasteiger charge is -2.18. The van der Waals surface area contributed by atoms with Crippen molar-refractivity contribution in [2.45, 2.75) is 58.4 Å². The smallest absolute Gasteiger partial charge is 0.417 e. The summed E-state index contributed by atoms with van der Waals surface area (Å²) in [4.78, 5) is 16.5. The maximum atomic E-state index is 12.9. The van der Waals surface area contributed by atoms with E-state index >= 15 is 0 Å². The summed E-state index contributed by atoms with van der Waals surface area (Å²) in [5.74, 6) is 1.74. The summed E-state index contributed by atoms with van der Waals surface area (Å²) >= 11 is 0. The van der Waals surface area contributed by atoms with Crippen molar-refractivity contribution in [1.29, 1.82) is 0 Å². The summed E-state index contributed by atoms with van der Waals surface area (Å²) in [7, 11) is 0. The van der Waals surface area contributed by atoms with Gasteiger partial charge in [-0.1, -0.05) is 6.92 Å². The molecule has 2 aromatic carbocycles. The molecule has 10 heteroatoms. The fourth-order valence-electron chi connectivity index (χ4n) is 3.89. The molecule has 0 saturated heterocycles. The topological polar surface area (TPSA) is 78.9 Å². The zero-order valence-corrected chi connectivity index (χ0v) is 21.5. The minimum atomic E-state index is -4.47. The van der Waals surface area contributed by atoms with Gasteiger partial charge in [0, 0.05) is 36.0 Å². The molecule has 0 bridgehead atoms. The van der Waals surface area contributed by atoms with Gasteiger partial charge in [-0.2, -0.15) is 13.2 Å². The third-order valence-electron chi connectivity index (χ3n) is 5.65. The number of nitrogens with zero attached hydrogens (tertiary/aromatic N) is 1. The number of fused-ring (bicyclic) bond motifs is 1. The molecule has 1 aliphatic rings. The second kappa shape index (κ2) is 10.8. The van der Waals surface area contributed by atoms with Crippen LogP contribution < -0.4 is 24.3 Å². The van der Waals surface area contributed by atoms with E-state index in [0.717, 1.165) is 24.1 Å². The molecular formula is C28H29F3N2O5. The monoisotopic (exact) mass is 530 g/mol. The van der Waals surface area contributed by atoms with E-state index < -0.39 is 17.8 Å². The summed E-state index contributed by atoms with van der Waals surface area (Å²) in [5.41, 5.74) is 0.335. The number of benzene rings is 2. The summed E-state index contributed by atoms with van der Waals surface area (Å²) in [6.07, 6.45) is -3.05. The van der Waals surface area contributed by atoms with E-state index in [-0.39, 0.29) is 17.4 Å². The van der Waals surface area contributed by atoms with Crippen LogP contribution in [-0.2, 0) is 17.4 Å². The standard InChI is InChI=1S/C28H29F3N2O5/c1-5-12-35-23-14-20(13-18-15-27(3,4)38-25(18)23)33-26(34)17(2)36-21-7-9-22(10-8-21)37-24-11-6-19(16-32-24)28(29,30)31/h6-11,13-14,16-17H,5,12,15H2,1-4H3,(H,33,34)/t17-/m1/s1. The van der Waals surface area contributed by atoms with Crippen LogP contribution in [0.5, 0.6) is 28.9 Å². The number of anilines is 1. The van der Waals surface area contributed by atoms with Gasteiger partial charge in [-0.3, -0.25) is 4.79 Å². The maximum Gasteiger partial charge on any atom is 0.417 e. The minimum Gasteiger partial charge on any atom is -0.490 e. The number of carbonyl (C=O) groups is 1. The number of ether oxygens (including phenoxy) is 4. The molecule has 1 amide bonds. The molecule has 0 saturated carbocycles. The number of hydrogen-bond acceptors (Lipinski definition) is 6. The summed E-state index contributed by atoms with van der Waals surface area (Å²) in [6.45, 7) is 8.17. The fourth-order valence-corrected chi connectivity index (χ4v) is 3.89. The molecule has 1 aromatic heterocycles. The number of carbonyl (C=O) groups excluding carboxylic acids is 1. The zero-order valence-electron chi connectivity index (χ0n) is 21.5. The van der Waals surface area contributed by atoms with Gasteiger partial charge in [-0.25, -0.2) is 4.98 Å². The van der Waals surface area contributed by atoms with Crippen molar-refractivity contribution >= 4 is 11.6 Å². The first-order valence-corrected chi connectivity index (χ1v) is 12.2. The van der Waals surface area contributed by atoms with E-state index in [2.05, 4.69) is 10.3 Å². The first-order valence-electron chi connectivity index (χ1n) is 12.2. The predicted molar refractivity (Wildman–Crippen MR) is 135 cm³/mol. The third kappa shape index (κ3) is 6.67. The Kier molecular flexibility index (Phi) is 7.71. The van der Waals surface area contributed by atoms with Crippen molar-refractivity contribution < 1.29 is 36.9 Å². The second-order valence-corrected chi connectivity index (χ2v) is 9.56. The lowest BCUT2D eigenvalue weighted by atomic mass is 10.0. The SMILES string of the molecule is CCCOc1cc(NC(=O)[C@@H](C)Oc2ccc(Oc3ccc(C(F)(F)F)cn3)cc2)cc2c1OC(C)(C)C2. The number of amides is 1. The molecule has 3 aromatic rings. The molecule has 4 rings (SSSR count). The van der Waals surface area contributed by atoms with E-state index in [4.69, 9.17) is 18.9 Å². The molecule has 7 nitrogen and oxygen atoms in total. The first-order chi connectivity index (χ1) is 17.9. The highest BCUT2D eigenvalue weighted by atomic mass is 19.4. The Labute approximate surface area is 218 Å². The molecule has 1 N–H and O–H groups in total. The van der Waals surface area contributed by atoms with Crippen LogP contribution in [0.15, 0.2) is 54.7 Å². The van der Waals surface area contributed by atoms with Crippen molar-refractivity contribution in [3.63, 3.8) is 0 Å². The van der Waals surface area contributed by atoms with Crippen LogP contribution in [0.25, 0.3) is 0 Å². The van der Waals surface area contributed by atoms with Crippen LogP contribution in [-0.4, -0.2) is 29.2 Å².